The molecule has 1 heterocycles. The van der Waals surface area contributed by atoms with Crippen LogP contribution in [0.5, 0.6) is 5.75 Å². The van der Waals surface area contributed by atoms with Crippen molar-refractivity contribution in [1.82, 2.24) is 10.6 Å². The smallest absolute Gasteiger partial charge is 0.230 e. The second-order valence-corrected chi connectivity index (χ2v) is 6.64. The first kappa shape index (κ1) is 18.1. The normalized spacial score (nSPS) is 22.4. The number of rotatable bonds is 4. The minimum absolute atomic E-state index is 0. The number of benzene rings is 1. The Morgan fingerprint density at radius 3 is 2.70 bits per heavy atom. The second-order valence-electron chi connectivity index (χ2n) is 6.64. The van der Waals surface area contributed by atoms with Gasteiger partial charge in [0, 0.05) is 12.6 Å². The number of nitrogens with one attached hydrogen (secondary N) is 2. The Balaban J connectivity index is 0.00000192. The van der Waals surface area contributed by atoms with Gasteiger partial charge in [0.15, 0.2) is 0 Å². The zero-order chi connectivity index (χ0) is 15.6. The van der Waals surface area contributed by atoms with E-state index >= 15 is 0 Å². The Kier molecular flexibility index (Phi) is 5.93. The van der Waals surface area contributed by atoms with Gasteiger partial charge < -0.3 is 15.4 Å². The molecular weight excluding hydrogens is 312 g/mol. The van der Waals surface area contributed by atoms with Gasteiger partial charge in [-0.2, -0.15) is 0 Å². The SMILES string of the molecule is COc1cc(C2(C(=O)NC3CCNC3)CCCC2)ccc1C.Cl. The number of carbonyl (C=O) groups excluding carboxylic acids is 1. The maximum Gasteiger partial charge on any atom is 0.230 e. The maximum absolute atomic E-state index is 13.0. The monoisotopic (exact) mass is 338 g/mol. The first-order valence-electron chi connectivity index (χ1n) is 8.32. The number of ether oxygens (including phenoxy) is 1. The van der Waals surface area contributed by atoms with Gasteiger partial charge in [0.1, 0.15) is 5.75 Å². The number of hydrogen-bond acceptors (Lipinski definition) is 3. The summed E-state index contributed by atoms with van der Waals surface area (Å²) in [6.07, 6.45) is 5.13. The van der Waals surface area contributed by atoms with Crippen LogP contribution in [0, 0.1) is 6.92 Å². The van der Waals surface area contributed by atoms with E-state index in [-0.39, 0.29) is 29.8 Å². The molecular formula is C18H27ClN2O2. The molecule has 1 aliphatic carbocycles. The van der Waals surface area contributed by atoms with Crippen molar-refractivity contribution >= 4 is 18.3 Å². The number of halogens is 1. The van der Waals surface area contributed by atoms with Crippen LogP contribution >= 0.6 is 12.4 Å². The van der Waals surface area contributed by atoms with Crippen molar-refractivity contribution < 1.29 is 9.53 Å². The van der Waals surface area contributed by atoms with Crippen LogP contribution in [0.3, 0.4) is 0 Å². The Labute approximate surface area is 144 Å². The fraction of sp³-hybridized carbons (Fsp3) is 0.611. The quantitative estimate of drug-likeness (QED) is 0.887. The molecule has 5 heteroatoms. The summed E-state index contributed by atoms with van der Waals surface area (Å²) in [5, 5.41) is 6.58. The van der Waals surface area contributed by atoms with Crippen molar-refractivity contribution in [3.8, 4) is 5.75 Å². The Morgan fingerprint density at radius 1 is 1.35 bits per heavy atom. The van der Waals surface area contributed by atoms with Gasteiger partial charge in [-0.25, -0.2) is 0 Å². The molecule has 1 unspecified atom stereocenters. The summed E-state index contributed by atoms with van der Waals surface area (Å²) in [5.41, 5.74) is 1.85. The van der Waals surface area contributed by atoms with Gasteiger partial charge in [0.2, 0.25) is 5.91 Å². The molecule has 0 spiro atoms. The van der Waals surface area contributed by atoms with Crippen LogP contribution in [0.2, 0.25) is 0 Å². The second kappa shape index (κ2) is 7.54. The summed E-state index contributed by atoms with van der Waals surface area (Å²) in [7, 11) is 1.69. The maximum atomic E-state index is 13.0. The lowest BCUT2D eigenvalue weighted by molar-refractivity contribution is -0.127. The fourth-order valence-electron chi connectivity index (χ4n) is 3.84. The van der Waals surface area contributed by atoms with Gasteiger partial charge in [-0.15, -0.1) is 12.4 Å². The first-order valence-corrected chi connectivity index (χ1v) is 8.32. The van der Waals surface area contributed by atoms with Gasteiger partial charge in [-0.3, -0.25) is 4.79 Å². The van der Waals surface area contributed by atoms with Crippen molar-refractivity contribution in [2.45, 2.75) is 50.5 Å². The fourth-order valence-corrected chi connectivity index (χ4v) is 3.84. The van der Waals surface area contributed by atoms with E-state index in [0.29, 0.717) is 0 Å². The van der Waals surface area contributed by atoms with Crippen molar-refractivity contribution in [1.29, 1.82) is 0 Å². The lowest BCUT2D eigenvalue weighted by Crippen LogP contribution is -2.47. The molecule has 2 fully saturated rings. The molecule has 0 bridgehead atoms. The van der Waals surface area contributed by atoms with E-state index in [0.717, 1.165) is 62.1 Å². The predicted molar refractivity (Wildman–Crippen MR) is 94.5 cm³/mol. The number of amides is 1. The Morgan fingerprint density at radius 2 is 2.09 bits per heavy atom. The molecule has 1 atom stereocenters. The summed E-state index contributed by atoms with van der Waals surface area (Å²) < 4.78 is 5.46. The predicted octanol–water partition coefficient (Wildman–Crippen LogP) is 2.72. The minimum atomic E-state index is -0.371. The first-order chi connectivity index (χ1) is 10.7. The van der Waals surface area contributed by atoms with Gasteiger partial charge in [0.05, 0.1) is 12.5 Å². The van der Waals surface area contributed by atoms with E-state index in [1.807, 2.05) is 6.92 Å². The molecule has 1 saturated heterocycles. The van der Waals surface area contributed by atoms with Crippen LogP contribution in [-0.2, 0) is 10.2 Å². The van der Waals surface area contributed by atoms with E-state index in [1.165, 1.54) is 0 Å². The molecule has 4 nitrogen and oxygen atoms in total. The van der Waals surface area contributed by atoms with Crippen LogP contribution in [0.4, 0.5) is 0 Å². The van der Waals surface area contributed by atoms with E-state index in [1.54, 1.807) is 7.11 Å². The third-order valence-corrected chi connectivity index (χ3v) is 5.25. The molecule has 2 aliphatic rings. The van der Waals surface area contributed by atoms with Crippen molar-refractivity contribution in [3.05, 3.63) is 29.3 Å². The average molecular weight is 339 g/mol. The van der Waals surface area contributed by atoms with Crippen molar-refractivity contribution in [3.63, 3.8) is 0 Å². The van der Waals surface area contributed by atoms with Crippen LogP contribution in [0.25, 0.3) is 0 Å². The number of hydrogen-bond donors (Lipinski definition) is 2. The molecule has 23 heavy (non-hydrogen) atoms. The molecule has 1 saturated carbocycles. The zero-order valence-electron chi connectivity index (χ0n) is 14.0. The highest BCUT2D eigenvalue weighted by atomic mass is 35.5. The molecule has 0 radical (unpaired) electrons. The van der Waals surface area contributed by atoms with Gasteiger partial charge in [-0.1, -0.05) is 25.0 Å². The topological polar surface area (TPSA) is 50.4 Å². The number of aryl methyl sites for hydroxylation is 1. The van der Waals surface area contributed by atoms with E-state index in [9.17, 15) is 4.79 Å². The molecule has 1 amide bonds. The molecule has 3 rings (SSSR count). The largest absolute Gasteiger partial charge is 0.496 e. The van der Waals surface area contributed by atoms with Crippen LogP contribution in [0.15, 0.2) is 18.2 Å². The molecule has 128 valence electrons. The number of carbonyl (C=O) groups is 1. The molecule has 2 N–H and O–H groups in total. The van der Waals surface area contributed by atoms with Gasteiger partial charge >= 0.3 is 0 Å². The highest BCUT2D eigenvalue weighted by Crippen LogP contribution is 2.43. The molecule has 1 aromatic rings. The summed E-state index contributed by atoms with van der Waals surface area (Å²) in [6.45, 7) is 3.92. The molecule has 1 aliphatic heterocycles. The van der Waals surface area contributed by atoms with Crippen molar-refractivity contribution in [2.24, 2.45) is 0 Å². The van der Waals surface area contributed by atoms with E-state index in [2.05, 4.69) is 28.8 Å². The van der Waals surface area contributed by atoms with Gasteiger partial charge in [0.25, 0.3) is 0 Å². The summed E-state index contributed by atoms with van der Waals surface area (Å²) in [6, 6.07) is 6.51. The lowest BCUT2D eigenvalue weighted by Gasteiger charge is -2.30. The highest BCUT2D eigenvalue weighted by Gasteiger charge is 2.43. The van der Waals surface area contributed by atoms with Crippen LogP contribution in [0.1, 0.15) is 43.2 Å². The van der Waals surface area contributed by atoms with E-state index < -0.39 is 0 Å². The van der Waals surface area contributed by atoms with Crippen LogP contribution < -0.4 is 15.4 Å². The van der Waals surface area contributed by atoms with Crippen molar-refractivity contribution in [2.75, 3.05) is 20.2 Å². The summed E-state index contributed by atoms with van der Waals surface area (Å²) in [5.74, 6) is 1.07. The third-order valence-electron chi connectivity index (χ3n) is 5.25. The molecule has 0 aromatic heterocycles. The zero-order valence-corrected chi connectivity index (χ0v) is 14.8. The van der Waals surface area contributed by atoms with Gasteiger partial charge in [-0.05, 0) is 49.9 Å². The Bertz CT molecular complexity index is 550. The average Bonchev–Trinajstić information content (AvgIpc) is 3.19. The summed E-state index contributed by atoms with van der Waals surface area (Å²) in [4.78, 5) is 13.0. The number of methoxy groups -OCH3 is 1. The lowest BCUT2D eigenvalue weighted by atomic mass is 9.77. The Hall–Kier alpha value is -1.26. The summed E-state index contributed by atoms with van der Waals surface area (Å²) >= 11 is 0. The molecule has 1 aromatic carbocycles. The minimum Gasteiger partial charge on any atom is -0.496 e. The highest BCUT2D eigenvalue weighted by molar-refractivity contribution is 5.89. The third kappa shape index (κ3) is 3.48. The van der Waals surface area contributed by atoms with Crippen LogP contribution in [-0.4, -0.2) is 32.1 Å². The standard InChI is InChI=1S/C18H26N2O2.ClH/c1-13-5-6-14(11-16(13)22-2)18(8-3-4-9-18)17(21)20-15-7-10-19-12-15;/h5-6,11,15,19H,3-4,7-10,12H2,1-2H3,(H,20,21);1H. The van der Waals surface area contributed by atoms with E-state index in [4.69, 9.17) is 4.74 Å².